The molecule has 6 nitrogen and oxygen atoms in total. The Morgan fingerprint density at radius 3 is 2.44 bits per heavy atom. The first-order chi connectivity index (χ1) is 12.9. The first kappa shape index (κ1) is 18.6. The summed E-state index contributed by atoms with van der Waals surface area (Å²) in [6.45, 7) is 3.53. The lowest BCUT2D eigenvalue weighted by atomic mass is 10.1. The number of ketones is 1. The number of hydrogen-bond donors (Lipinski definition) is 1. The SMILES string of the molecule is CC(=O)C1CC(C(=O)Nc2ccc(N(C)C)c(C)c2)=NN1c1ccccc1. The smallest absolute Gasteiger partial charge is 0.271 e. The Labute approximate surface area is 159 Å². The lowest BCUT2D eigenvalue weighted by molar-refractivity contribution is -0.118. The molecular weight excluding hydrogens is 340 g/mol. The minimum Gasteiger partial charge on any atom is -0.377 e. The van der Waals surface area contributed by atoms with Crippen molar-refractivity contribution >= 4 is 34.5 Å². The zero-order valence-corrected chi connectivity index (χ0v) is 16.1. The number of hydrogen-bond acceptors (Lipinski definition) is 5. The monoisotopic (exact) mass is 364 g/mol. The van der Waals surface area contributed by atoms with E-state index < -0.39 is 6.04 Å². The van der Waals surface area contributed by atoms with Crippen LogP contribution in [0.4, 0.5) is 17.1 Å². The van der Waals surface area contributed by atoms with Gasteiger partial charge in [-0.3, -0.25) is 14.6 Å². The molecule has 3 rings (SSSR count). The third-order valence-corrected chi connectivity index (χ3v) is 4.60. The van der Waals surface area contributed by atoms with Crippen LogP contribution in [0.5, 0.6) is 0 Å². The second-order valence-corrected chi connectivity index (χ2v) is 6.91. The van der Waals surface area contributed by atoms with Gasteiger partial charge in [0.1, 0.15) is 11.8 Å². The predicted octanol–water partition coefficient (Wildman–Crippen LogP) is 3.22. The Morgan fingerprint density at radius 2 is 1.85 bits per heavy atom. The number of benzene rings is 2. The summed E-state index contributed by atoms with van der Waals surface area (Å²) >= 11 is 0. The third-order valence-electron chi connectivity index (χ3n) is 4.60. The maximum atomic E-state index is 12.7. The van der Waals surface area contributed by atoms with E-state index >= 15 is 0 Å². The van der Waals surface area contributed by atoms with E-state index in [0.717, 1.165) is 16.9 Å². The summed E-state index contributed by atoms with van der Waals surface area (Å²) in [5.74, 6) is -0.298. The van der Waals surface area contributed by atoms with Crippen LogP contribution in [-0.2, 0) is 9.59 Å². The molecule has 0 fully saturated rings. The first-order valence-corrected chi connectivity index (χ1v) is 8.88. The zero-order chi connectivity index (χ0) is 19.6. The van der Waals surface area contributed by atoms with E-state index in [-0.39, 0.29) is 11.7 Å². The summed E-state index contributed by atoms with van der Waals surface area (Å²) in [5.41, 5.74) is 4.03. The number of anilines is 3. The van der Waals surface area contributed by atoms with Crippen molar-refractivity contribution in [2.24, 2.45) is 5.10 Å². The highest BCUT2D eigenvalue weighted by Gasteiger charge is 2.34. The summed E-state index contributed by atoms with van der Waals surface area (Å²) in [6.07, 6.45) is 0.296. The Balaban J connectivity index is 1.80. The lowest BCUT2D eigenvalue weighted by Gasteiger charge is -2.20. The van der Waals surface area contributed by atoms with Crippen molar-refractivity contribution in [3.63, 3.8) is 0 Å². The summed E-state index contributed by atoms with van der Waals surface area (Å²) in [7, 11) is 3.96. The average Bonchev–Trinajstić information content (AvgIpc) is 3.08. The molecule has 2 aromatic carbocycles. The van der Waals surface area contributed by atoms with Gasteiger partial charge < -0.3 is 10.2 Å². The fourth-order valence-electron chi connectivity index (χ4n) is 3.22. The molecule has 1 N–H and O–H groups in total. The van der Waals surface area contributed by atoms with E-state index in [1.807, 2.05) is 74.4 Å². The van der Waals surface area contributed by atoms with Crippen molar-refractivity contribution < 1.29 is 9.59 Å². The average molecular weight is 364 g/mol. The number of para-hydroxylation sites is 1. The number of amides is 1. The largest absolute Gasteiger partial charge is 0.377 e. The van der Waals surface area contributed by atoms with Crippen LogP contribution in [0.15, 0.2) is 53.6 Å². The number of rotatable bonds is 5. The van der Waals surface area contributed by atoms with E-state index in [4.69, 9.17) is 0 Å². The van der Waals surface area contributed by atoms with Crippen LogP contribution in [0, 0.1) is 6.92 Å². The second kappa shape index (κ2) is 7.61. The van der Waals surface area contributed by atoms with Crippen molar-refractivity contribution in [2.75, 3.05) is 29.3 Å². The van der Waals surface area contributed by atoms with Gasteiger partial charge in [-0.1, -0.05) is 18.2 Å². The minimum atomic E-state index is -0.453. The highest BCUT2D eigenvalue weighted by atomic mass is 16.2. The number of carbonyl (C=O) groups is 2. The van der Waals surface area contributed by atoms with Crippen LogP contribution in [0.3, 0.4) is 0 Å². The molecule has 27 heavy (non-hydrogen) atoms. The Kier molecular flexibility index (Phi) is 5.26. The molecule has 0 aromatic heterocycles. The van der Waals surface area contributed by atoms with Crippen LogP contribution in [0.1, 0.15) is 18.9 Å². The van der Waals surface area contributed by atoms with Crippen LogP contribution in [0.2, 0.25) is 0 Å². The fraction of sp³-hybridized carbons (Fsp3) is 0.286. The molecule has 1 aliphatic rings. The van der Waals surface area contributed by atoms with Gasteiger partial charge in [-0.15, -0.1) is 0 Å². The van der Waals surface area contributed by atoms with Gasteiger partial charge in [0.05, 0.1) is 5.69 Å². The Hall–Kier alpha value is -3.15. The van der Waals surface area contributed by atoms with Gasteiger partial charge in [-0.05, 0) is 49.7 Å². The number of Topliss-reactive ketones (excluding diaryl/α,β-unsaturated/α-hetero) is 1. The molecule has 6 heteroatoms. The highest BCUT2D eigenvalue weighted by Crippen LogP contribution is 2.26. The standard InChI is InChI=1S/C21H24N4O2/c1-14-12-16(10-11-19(14)24(3)4)22-21(27)18-13-20(15(2)26)25(23-18)17-8-6-5-7-9-17/h5-12,20H,13H2,1-4H3,(H,22,27). The molecule has 0 aliphatic carbocycles. The number of nitrogens with zero attached hydrogens (tertiary/aromatic N) is 3. The molecule has 2 aromatic rings. The molecular formula is C21H24N4O2. The Morgan fingerprint density at radius 1 is 1.15 bits per heavy atom. The molecule has 0 saturated heterocycles. The van der Waals surface area contributed by atoms with Crippen molar-refractivity contribution in [2.45, 2.75) is 26.3 Å². The highest BCUT2D eigenvalue weighted by molar-refractivity contribution is 6.44. The quantitative estimate of drug-likeness (QED) is 0.885. The topological polar surface area (TPSA) is 65.0 Å². The van der Waals surface area contributed by atoms with Crippen LogP contribution >= 0.6 is 0 Å². The molecule has 1 unspecified atom stereocenters. The van der Waals surface area contributed by atoms with E-state index in [0.29, 0.717) is 17.8 Å². The summed E-state index contributed by atoms with van der Waals surface area (Å²) < 4.78 is 0. The lowest BCUT2D eigenvalue weighted by Crippen LogP contribution is -2.33. The van der Waals surface area contributed by atoms with Crippen LogP contribution in [-0.4, -0.2) is 37.5 Å². The Bertz CT molecular complexity index is 890. The van der Waals surface area contributed by atoms with Gasteiger partial charge in [0.2, 0.25) is 0 Å². The fourth-order valence-corrected chi connectivity index (χ4v) is 3.22. The maximum Gasteiger partial charge on any atom is 0.271 e. The molecule has 140 valence electrons. The molecule has 1 amide bonds. The van der Waals surface area contributed by atoms with Gasteiger partial charge in [0, 0.05) is 31.9 Å². The van der Waals surface area contributed by atoms with Crippen molar-refractivity contribution in [1.82, 2.24) is 0 Å². The van der Waals surface area contributed by atoms with E-state index in [1.165, 1.54) is 6.92 Å². The summed E-state index contributed by atoms with van der Waals surface area (Å²) in [4.78, 5) is 26.8. The summed E-state index contributed by atoms with van der Waals surface area (Å²) in [5, 5.41) is 8.97. The first-order valence-electron chi connectivity index (χ1n) is 8.88. The van der Waals surface area contributed by atoms with E-state index in [2.05, 4.69) is 10.4 Å². The van der Waals surface area contributed by atoms with Crippen LogP contribution < -0.4 is 15.2 Å². The number of aryl methyl sites for hydroxylation is 1. The molecule has 0 spiro atoms. The number of nitrogens with one attached hydrogen (secondary N) is 1. The second-order valence-electron chi connectivity index (χ2n) is 6.91. The van der Waals surface area contributed by atoms with Gasteiger partial charge in [0.25, 0.3) is 5.91 Å². The van der Waals surface area contributed by atoms with Gasteiger partial charge in [0.15, 0.2) is 5.78 Å². The molecule has 1 aliphatic heterocycles. The van der Waals surface area contributed by atoms with Gasteiger partial charge in [-0.25, -0.2) is 0 Å². The van der Waals surface area contributed by atoms with E-state index in [9.17, 15) is 9.59 Å². The normalized spacial score (nSPS) is 16.1. The molecule has 1 atom stereocenters. The molecule has 0 saturated carbocycles. The number of carbonyl (C=O) groups excluding carboxylic acids is 2. The predicted molar refractivity (Wildman–Crippen MR) is 110 cm³/mol. The van der Waals surface area contributed by atoms with Crippen molar-refractivity contribution in [3.8, 4) is 0 Å². The molecule has 1 heterocycles. The molecule has 0 bridgehead atoms. The van der Waals surface area contributed by atoms with Gasteiger partial charge >= 0.3 is 0 Å². The van der Waals surface area contributed by atoms with Crippen LogP contribution in [0.25, 0.3) is 0 Å². The van der Waals surface area contributed by atoms with Crippen molar-refractivity contribution in [1.29, 1.82) is 0 Å². The van der Waals surface area contributed by atoms with Gasteiger partial charge in [-0.2, -0.15) is 5.10 Å². The minimum absolute atomic E-state index is 0.0171. The molecule has 0 radical (unpaired) electrons. The van der Waals surface area contributed by atoms with Crippen molar-refractivity contribution in [3.05, 3.63) is 54.1 Å². The third kappa shape index (κ3) is 4.00. The van der Waals surface area contributed by atoms with E-state index in [1.54, 1.807) is 5.01 Å². The maximum absolute atomic E-state index is 12.7. The summed E-state index contributed by atoms with van der Waals surface area (Å²) in [6, 6.07) is 14.7. The number of hydrazone groups is 1. The zero-order valence-electron chi connectivity index (χ0n) is 16.1.